The molecule has 3 rings (SSSR count). The van der Waals surface area contributed by atoms with E-state index in [1.807, 2.05) is 0 Å². The lowest BCUT2D eigenvalue weighted by molar-refractivity contribution is 0.102. The van der Waals surface area contributed by atoms with Gasteiger partial charge in [0, 0.05) is 35.1 Å². The highest BCUT2D eigenvalue weighted by Gasteiger charge is 2.21. The van der Waals surface area contributed by atoms with Crippen molar-refractivity contribution in [1.82, 2.24) is 0 Å². The van der Waals surface area contributed by atoms with Gasteiger partial charge in [-0.2, -0.15) is 0 Å². The maximum atomic E-state index is 12.9. The molecule has 0 aliphatic carbocycles. The molecular formula is C22H21ClN2O6S. The Kier molecular flexibility index (Phi) is 7.12. The number of rotatable bonds is 8. The fourth-order valence-electron chi connectivity index (χ4n) is 2.80. The van der Waals surface area contributed by atoms with Crippen LogP contribution in [-0.2, 0) is 10.0 Å². The standard InChI is InChI=1S/C22H21ClN2O6S/c1-29-17-7-5-15(6-8-17)25-32(27,28)21-10-14(4-9-20(21)23)22(26)24-16-11-18(30-2)13-19(12-16)31-3/h4-13,25H,1-3H3,(H,24,26). The molecule has 0 atom stereocenters. The Morgan fingerprint density at radius 3 is 1.94 bits per heavy atom. The number of anilines is 2. The van der Waals surface area contributed by atoms with E-state index in [0.717, 1.165) is 0 Å². The average Bonchev–Trinajstić information content (AvgIpc) is 2.79. The van der Waals surface area contributed by atoms with Gasteiger partial charge in [0.1, 0.15) is 22.1 Å². The van der Waals surface area contributed by atoms with Gasteiger partial charge >= 0.3 is 0 Å². The highest BCUT2D eigenvalue weighted by atomic mass is 35.5. The summed E-state index contributed by atoms with van der Waals surface area (Å²) in [4.78, 5) is 12.5. The molecule has 0 spiro atoms. The number of amides is 1. The van der Waals surface area contributed by atoms with E-state index < -0.39 is 15.9 Å². The van der Waals surface area contributed by atoms with Gasteiger partial charge in [0.25, 0.3) is 15.9 Å². The monoisotopic (exact) mass is 476 g/mol. The first-order chi connectivity index (χ1) is 15.2. The van der Waals surface area contributed by atoms with Gasteiger partial charge in [0.05, 0.1) is 26.4 Å². The third kappa shape index (κ3) is 5.43. The van der Waals surface area contributed by atoms with Crippen molar-refractivity contribution >= 4 is 38.9 Å². The number of halogens is 1. The van der Waals surface area contributed by atoms with Crippen molar-refractivity contribution in [3.8, 4) is 17.2 Å². The zero-order chi connectivity index (χ0) is 23.3. The first kappa shape index (κ1) is 23.2. The molecular weight excluding hydrogens is 456 g/mol. The Hall–Kier alpha value is -3.43. The topological polar surface area (TPSA) is 103 Å². The summed E-state index contributed by atoms with van der Waals surface area (Å²) in [5.74, 6) is 1.03. The molecule has 3 aromatic rings. The highest BCUT2D eigenvalue weighted by Crippen LogP contribution is 2.28. The van der Waals surface area contributed by atoms with E-state index in [-0.39, 0.29) is 15.5 Å². The van der Waals surface area contributed by atoms with Crippen LogP contribution in [0.5, 0.6) is 17.2 Å². The summed E-state index contributed by atoms with van der Waals surface area (Å²) < 4.78 is 43.7. The van der Waals surface area contributed by atoms with Gasteiger partial charge in [-0.25, -0.2) is 8.42 Å². The Labute approximate surface area is 191 Å². The number of carbonyl (C=O) groups excluding carboxylic acids is 1. The van der Waals surface area contributed by atoms with E-state index in [2.05, 4.69) is 10.0 Å². The van der Waals surface area contributed by atoms with Crippen LogP contribution in [0.25, 0.3) is 0 Å². The zero-order valence-corrected chi connectivity index (χ0v) is 19.1. The van der Waals surface area contributed by atoms with Gasteiger partial charge in [-0.05, 0) is 42.5 Å². The third-order valence-electron chi connectivity index (χ3n) is 4.43. The Morgan fingerprint density at radius 2 is 1.38 bits per heavy atom. The number of methoxy groups -OCH3 is 3. The van der Waals surface area contributed by atoms with Crippen LogP contribution in [-0.4, -0.2) is 35.7 Å². The predicted octanol–water partition coefficient (Wildman–Crippen LogP) is 4.42. The molecule has 0 aromatic heterocycles. The largest absolute Gasteiger partial charge is 0.497 e. The second kappa shape index (κ2) is 9.80. The van der Waals surface area contributed by atoms with Crippen molar-refractivity contribution < 1.29 is 27.4 Å². The molecule has 168 valence electrons. The summed E-state index contributed by atoms with van der Waals surface area (Å²) >= 11 is 6.13. The van der Waals surface area contributed by atoms with Crippen LogP contribution >= 0.6 is 11.6 Å². The number of ether oxygens (including phenoxy) is 3. The molecule has 0 unspecified atom stereocenters. The van der Waals surface area contributed by atoms with Crippen molar-refractivity contribution in [2.24, 2.45) is 0 Å². The second-order valence-electron chi connectivity index (χ2n) is 6.53. The van der Waals surface area contributed by atoms with E-state index in [1.165, 1.54) is 39.5 Å². The molecule has 0 saturated carbocycles. The first-order valence-corrected chi connectivity index (χ1v) is 11.1. The molecule has 1 amide bonds. The number of carbonyl (C=O) groups is 1. The van der Waals surface area contributed by atoms with Crippen LogP contribution in [0.1, 0.15) is 10.4 Å². The van der Waals surface area contributed by atoms with Crippen LogP contribution in [0, 0.1) is 0 Å². The minimum atomic E-state index is -4.06. The molecule has 0 fully saturated rings. The lowest BCUT2D eigenvalue weighted by Crippen LogP contribution is -2.16. The van der Waals surface area contributed by atoms with Crippen molar-refractivity contribution in [2.45, 2.75) is 4.90 Å². The summed E-state index contributed by atoms with van der Waals surface area (Å²) in [5.41, 5.74) is 0.841. The molecule has 0 bridgehead atoms. The zero-order valence-electron chi connectivity index (χ0n) is 17.5. The maximum absolute atomic E-state index is 12.9. The van der Waals surface area contributed by atoms with Crippen LogP contribution in [0.3, 0.4) is 0 Å². The summed E-state index contributed by atoms with van der Waals surface area (Å²) in [6.07, 6.45) is 0. The molecule has 0 aliphatic rings. The lowest BCUT2D eigenvalue weighted by Gasteiger charge is -2.13. The van der Waals surface area contributed by atoms with Gasteiger partial charge < -0.3 is 19.5 Å². The molecule has 32 heavy (non-hydrogen) atoms. The van der Waals surface area contributed by atoms with E-state index in [9.17, 15) is 13.2 Å². The maximum Gasteiger partial charge on any atom is 0.263 e. The smallest absolute Gasteiger partial charge is 0.263 e. The number of nitrogens with one attached hydrogen (secondary N) is 2. The fourth-order valence-corrected chi connectivity index (χ4v) is 4.39. The SMILES string of the molecule is COc1ccc(NS(=O)(=O)c2cc(C(=O)Nc3cc(OC)cc(OC)c3)ccc2Cl)cc1. The lowest BCUT2D eigenvalue weighted by atomic mass is 10.2. The van der Waals surface area contributed by atoms with Crippen molar-refractivity contribution in [2.75, 3.05) is 31.4 Å². The number of hydrogen-bond acceptors (Lipinski definition) is 6. The number of hydrogen-bond donors (Lipinski definition) is 2. The Morgan fingerprint density at radius 1 is 0.781 bits per heavy atom. The fraction of sp³-hybridized carbons (Fsp3) is 0.136. The van der Waals surface area contributed by atoms with Gasteiger partial charge in [-0.3, -0.25) is 9.52 Å². The number of sulfonamides is 1. The van der Waals surface area contributed by atoms with Crippen LogP contribution in [0.15, 0.2) is 65.6 Å². The van der Waals surface area contributed by atoms with Crippen molar-refractivity contribution in [1.29, 1.82) is 0 Å². The van der Waals surface area contributed by atoms with Crippen LogP contribution in [0.4, 0.5) is 11.4 Å². The normalized spacial score (nSPS) is 10.9. The van der Waals surface area contributed by atoms with Crippen LogP contribution in [0.2, 0.25) is 5.02 Å². The van der Waals surface area contributed by atoms with Crippen LogP contribution < -0.4 is 24.2 Å². The summed E-state index contributed by atoms with van der Waals surface area (Å²) in [7, 11) is 0.440. The molecule has 0 radical (unpaired) electrons. The Balaban J connectivity index is 1.86. The van der Waals surface area contributed by atoms with E-state index in [0.29, 0.717) is 28.6 Å². The van der Waals surface area contributed by atoms with E-state index >= 15 is 0 Å². The molecule has 10 heteroatoms. The molecule has 0 aliphatic heterocycles. The van der Waals surface area contributed by atoms with E-state index in [1.54, 1.807) is 42.5 Å². The van der Waals surface area contributed by atoms with Gasteiger partial charge in [-0.1, -0.05) is 11.6 Å². The summed E-state index contributed by atoms with van der Waals surface area (Å²) in [6, 6.07) is 15.2. The second-order valence-corrected chi connectivity index (χ2v) is 8.59. The average molecular weight is 477 g/mol. The first-order valence-electron chi connectivity index (χ1n) is 9.26. The molecule has 2 N–H and O–H groups in total. The summed E-state index contributed by atoms with van der Waals surface area (Å²) in [6.45, 7) is 0. The molecule has 0 saturated heterocycles. The van der Waals surface area contributed by atoms with E-state index in [4.69, 9.17) is 25.8 Å². The number of benzene rings is 3. The third-order valence-corrected chi connectivity index (χ3v) is 6.30. The Bertz CT molecular complexity index is 1210. The summed E-state index contributed by atoms with van der Waals surface area (Å²) in [5, 5.41) is 2.67. The highest BCUT2D eigenvalue weighted by molar-refractivity contribution is 7.92. The molecule has 0 heterocycles. The predicted molar refractivity (Wildman–Crippen MR) is 123 cm³/mol. The minimum absolute atomic E-state index is 0.0226. The minimum Gasteiger partial charge on any atom is -0.497 e. The molecule has 8 nitrogen and oxygen atoms in total. The van der Waals surface area contributed by atoms with Crippen molar-refractivity contribution in [3.63, 3.8) is 0 Å². The van der Waals surface area contributed by atoms with Gasteiger partial charge in [-0.15, -0.1) is 0 Å². The molecule has 3 aromatic carbocycles. The quantitative estimate of drug-likeness (QED) is 0.499. The van der Waals surface area contributed by atoms with Gasteiger partial charge in [0.2, 0.25) is 0 Å². The van der Waals surface area contributed by atoms with Crippen molar-refractivity contribution in [3.05, 3.63) is 71.2 Å². The van der Waals surface area contributed by atoms with Gasteiger partial charge in [0.15, 0.2) is 0 Å².